The van der Waals surface area contributed by atoms with Crippen LogP contribution in [-0.2, 0) is 9.59 Å². The summed E-state index contributed by atoms with van der Waals surface area (Å²) in [5, 5.41) is 9.05. The van der Waals surface area contributed by atoms with Crippen molar-refractivity contribution in [2.45, 2.75) is 18.5 Å². The fraction of sp³-hybridized carbons (Fsp3) is 0.385. The van der Waals surface area contributed by atoms with E-state index in [1.165, 1.54) is 16.7 Å². The van der Waals surface area contributed by atoms with Gasteiger partial charge in [0.1, 0.15) is 6.04 Å². The number of nitrogens with zero attached hydrogens (tertiary/aromatic N) is 1. The lowest BCUT2D eigenvalue weighted by molar-refractivity contribution is -0.147. The Balaban J connectivity index is 1.99. The summed E-state index contributed by atoms with van der Waals surface area (Å²) in [5.41, 5.74) is 6.87. The molecule has 0 aliphatic carbocycles. The fourth-order valence-corrected chi connectivity index (χ4v) is 3.19. The standard InChI is InChI=1S/C13H16N2O3S/c14-10(9-4-2-1-3-5-9)6-12(16)15-8-19-7-11(15)13(17)18/h1-5,10-11H,6-8,14H2,(H,17,18). The summed E-state index contributed by atoms with van der Waals surface area (Å²) in [7, 11) is 0. The molecule has 1 saturated heterocycles. The first-order valence-corrected chi connectivity index (χ1v) is 7.15. The van der Waals surface area contributed by atoms with Gasteiger partial charge in [0.25, 0.3) is 0 Å². The number of amides is 1. The van der Waals surface area contributed by atoms with Crippen molar-refractivity contribution < 1.29 is 14.7 Å². The lowest BCUT2D eigenvalue weighted by atomic mass is 10.0. The van der Waals surface area contributed by atoms with Gasteiger partial charge in [-0.05, 0) is 5.56 Å². The summed E-state index contributed by atoms with van der Waals surface area (Å²) in [6, 6.07) is 8.23. The molecule has 0 aromatic heterocycles. The van der Waals surface area contributed by atoms with Crippen molar-refractivity contribution in [2.75, 3.05) is 11.6 Å². The fourth-order valence-electron chi connectivity index (χ4n) is 2.02. The van der Waals surface area contributed by atoms with Gasteiger partial charge >= 0.3 is 5.97 Å². The first-order valence-electron chi connectivity index (χ1n) is 6.00. The second-order valence-electron chi connectivity index (χ2n) is 4.44. The minimum absolute atomic E-state index is 0.133. The molecule has 0 bridgehead atoms. The van der Waals surface area contributed by atoms with Crippen molar-refractivity contribution in [3.63, 3.8) is 0 Å². The van der Waals surface area contributed by atoms with E-state index in [1.54, 1.807) is 0 Å². The van der Waals surface area contributed by atoms with E-state index in [1.807, 2.05) is 30.3 Å². The Morgan fingerprint density at radius 2 is 2.11 bits per heavy atom. The van der Waals surface area contributed by atoms with E-state index >= 15 is 0 Å². The number of thioether (sulfide) groups is 1. The van der Waals surface area contributed by atoms with Gasteiger partial charge < -0.3 is 15.7 Å². The zero-order chi connectivity index (χ0) is 13.8. The third kappa shape index (κ3) is 3.27. The van der Waals surface area contributed by atoms with Crippen LogP contribution in [0, 0.1) is 0 Å². The molecule has 1 aromatic carbocycles. The van der Waals surface area contributed by atoms with Crippen LogP contribution in [0.15, 0.2) is 30.3 Å². The Bertz CT molecular complexity index is 466. The molecule has 0 spiro atoms. The van der Waals surface area contributed by atoms with Crippen LogP contribution < -0.4 is 5.73 Å². The second-order valence-corrected chi connectivity index (χ2v) is 5.44. The Labute approximate surface area is 115 Å². The molecule has 5 nitrogen and oxygen atoms in total. The number of benzene rings is 1. The van der Waals surface area contributed by atoms with Gasteiger partial charge in [-0.15, -0.1) is 11.8 Å². The predicted octanol–water partition coefficient (Wildman–Crippen LogP) is 1.06. The summed E-state index contributed by atoms with van der Waals surface area (Å²) in [6.45, 7) is 0. The molecule has 1 fully saturated rings. The Morgan fingerprint density at radius 3 is 2.74 bits per heavy atom. The van der Waals surface area contributed by atoms with E-state index in [-0.39, 0.29) is 12.3 Å². The molecular formula is C13H16N2O3S. The van der Waals surface area contributed by atoms with Crippen LogP contribution in [0.1, 0.15) is 18.0 Å². The maximum absolute atomic E-state index is 12.1. The monoisotopic (exact) mass is 280 g/mol. The minimum atomic E-state index is -0.952. The smallest absolute Gasteiger partial charge is 0.327 e. The lowest BCUT2D eigenvalue weighted by Gasteiger charge is -2.22. The minimum Gasteiger partial charge on any atom is -0.480 e. The van der Waals surface area contributed by atoms with Crippen molar-refractivity contribution >= 4 is 23.6 Å². The van der Waals surface area contributed by atoms with Crippen molar-refractivity contribution in [1.82, 2.24) is 4.90 Å². The topological polar surface area (TPSA) is 83.6 Å². The molecule has 102 valence electrons. The van der Waals surface area contributed by atoms with Crippen molar-refractivity contribution in [2.24, 2.45) is 5.73 Å². The molecule has 0 saturated carbocycles. The third-order valence-electron chi connectivity index (χ3n) is 3.11. The van der Waals surface area contributed by atoms with Crippen LogP contribution in [0.25, 0.3) is 0 Å². The van der Waals surface area contributed by atoms with Crippen molar-refractivity contribution in [1.29, 1.82) is 0 Å². The van der Waals surface area contributed by atoms with Gasteiger partial charge in [0.05, 0.1) is 5.88 Å². The van der Waals surface area contributed by atoms with Crippen LogP contribution >= 0.6 is 11.8 Å². The van der Waals surface area contributed by atoms with Gasteiger partial charge in [0.15, 0.2) is 0 Å². The number of hydrogen-bond acceptors (Lipinski definition) is 4. The largest absolute Gasteiger partial charge is 0.480 e. The average molecular weight is 280 g/mol. The van der Waals surface area contributed by atoms with E-state index in [4.69, 9.17) is 10.8 Å². The highest BCUT2D eigenvalue weighted by molar-refractivity contribution is 7.99. The molecular weight excluding hydrogens is 264 g/mol. The van der Waals surface area contributed by atoms with E-state index in [9.17, 15) is 9.59 Å². The zero-order valence-electron chi connectivity index (χ0n) is 10.4. The SMILES string of the molecule is NC(CC(=O)N1CSCC1C(=O)O)c1ccccc1. The molecule has 2 atom stereocenters. The van der Waals surface area contributed by atoms with E-state index < -0.39 is 18.1 Å². The predicted molar refractivity (Wildman–Crippen MR) is 73.6 cm³/mol. The Kier molecular flexibility index (Phi) is 4.44. The lowest BCUT2D eigenvalue weighted by Crippen LogP contribution is -2.42. The highest BCUT2D eigenvalue weighted by Gasteiger charge is 2.34. The van der Waals surface area contributed by atoms with Crippen LogP contribution in [0.4, 0.5) is 0 Å². The Morgan fingerprint density at radius 1 is 1.42 bits per heavy atom. The number of nitrogens with two attached hydrogens (primary N) is 1. The highest BCUT2D eigenvalue weighted by atomic mass is 32.2. The molecule has 1 aliphatic heterocycles. The number of carboxylic acids is 1. The highest BCUT2D eigenvalue weighted by Crippen LogP contribution is 2.24. The zero-order valence-corrected chi connectivity index (χ0v) is 11.2. The van der Waals surface area contributed by atoms with Crippen LogP contribution in [-0.4, -0.2) is 39.6 Å². The number of aliphatic carboxylic acids is 1. The average Bonchev–Trinajstić information content (AvgIpc) is 2.89. The normalized spacial score (nSPS) is 20.3. The van der Waals surface area contributed by atoms with Crippen LogP contribution in [0.5, 0.6) is 0 Å². The molecule has 1 aliphatic rings. The van der Waals surface area contributed by atoms with Crippen LogP contribution in [0.2, 0.25) is 0 Å². The first-order chi connectivity index (χ1) is 9.09. The summed E-state index contributed by atoms with van der Waals surface area (Å²) in [6.07, 6.45) is 0.133. The van der Waals surface area contributed by atoms with Gasteiger partial charge in [0.2, 0.25) is 5.91 Å². The quantitative estimate of drug-likeness (QED) is 0.861. The molecule has 1 heterocycles. The first kappa shape index (κ1) is 13.9. The number of carboxylic acid groups (broad SMARTS) is 1. The third-order valence-corrected chi connectivity index (χ3v) is 4.12. The van der Waals surface area contributed by atoms with Gasteiger partial charge in [-0.1, -0.05) is 30.3 Å². The molecule has 6 heteroatoms. The van der Waals surface area contributed by atoms with Crippen molar-refractivity contribution in [3.05, 3.63) is 35.9 Å². The number of carbonyl (C=O) groups excluding carboxylic acids is 1. The number of hydrogen-bond donors (Lipinski definition) is 2. The second kappa shape index (κ2) is 6.08. The van der Waals surface area contributed by atoms with Crippen LogP contribution in [0.3, 0.4) is 0 Å². The molecule has 2 rings (SSSR count). The summed E-state index contributed by atoms with van der Waals surface area (Å²) >= 11 is 1.45. The molecule has 1 amide bonds. The molecule has 0 radical (unpaired) electrons. The van der Waals surface area contributed by atoms with E-state index in [2.05, 4.69) is 0 Å². The van der Waals surface area contributed by atoms with E-state index in [0.717, 1.165) is 5.56 Å². The van der Waals surface area contributed by atoms with Gasteiger partial charge in [-0.25, -0.2) is 4.79 Å². The molecule has 2 unspecified atom stereocenters. The number of rotatable bonds is 4. The summed E-state index contributed by atoms with van der Waals surface area (Å²) in [4.78, 5) is 24.5. The number of carbonyl (C=O) groups is 2. The molecule has 3 N–H and O–H groups in total. The van der Waals surface area contributed by atoms with E-state index in [0.29, 0.717) is 11.6 Å². The summed E-state index contributed by atoms with van der Waals surface area (Å²) in [5.74, 6) is -0.278. The Hall–Kier alpha value is -1.53. The van der Waals surface area contributed by atoms with Gasteiger partial charge in [-0.2, -0.15) is 0 Å². The molecule has 1 aromatic rings. The van der Waals surface area contributed by atoms with Crippen molar-refractivity contribution in [3.8, 4) is 0 Å². The summed E-state index contributed by atoms with van der Waals surface area (Å²) < 4.78 is 0. The molecule has 19 heavy (non-hydrogen) atoms. The van der Waals surface area contributed by atoms with Gasteiger partial charge in [-0.3, -0.25) is 4.79 Å². The van der Waals surface area contributed by atoms with Gasteiger partial charge in [0, 0.05) is 18.2 Å². The maximum Gasteiger partial charge on any atom is 0.327 e. The maximum atomic E-state index is 12.1.